The molecule has 0 amide bonds. The molecule has 1 heterocycles. The standard InChI is InChI=1S/C18H27N3O2/c1-4-21(13-17-12-19-9-10-20(17)3)16-7-5-15(6-8-16)14(2)11-18(22)23/h4-8,14,17,19H,1,9-13H2,2-3H3,(H,22,23). The van der Waals surface area contributed by atoms with Crippen LogP contribution in [-0.2, 0) is 4.79 Å². The molecule has 0 saturated carbocycles. The Bertz CT molecular complexity index is 530. The predicted octanol–water partition coefficient (Wildman–Crippen LogP) is 2.12. The molecule has 5 nitrogen and oxygen atoms in total. The van der Waals surface area contributed by atoms with Gasteiger partial charge in [0, 0.05) is 37.9 Å². The first kappa shape index (κ1) is 17.5. The van der Waals surface area contributed by atoms with Gasteiger partial charge < -0.3 is 15.3 Å². The van der Waals surface area contributed by atoms with Crippen molar-refractivity contribution in [1.29, 1.82) is 0 Å². The summed E-state index contributed by atoms with van der Waals surface area (Å²) in [6, 6.07) is 8.58. The number of carboxylic acids is 1. The third-order valence-electron chi connectivity index (χ3n) is 4.55. The Balaban J connectivity index is 2.03. The van der Waals surface area contributed by atoms with Crippen LogP contribution in [0.25, 0.3) is 0 Å². The maximum Gasteiger partial charge on any atom is 0.303 e. The maximum atomic E-state index is 10.8. The molecular weight excluding hydrogens is 290 g/mol. The summed E-state index contributed by atoms with van der Waals surface area (Å²) in [5, 5.41) is 12.3. The van der Waals surface area contributed by atoms with Crippen molar-refractivity contribution >= 4 is 11.7 Å². The van der Waals surface area contributed by atoms with Crippen LogP contribution < -0.4 is 10.2 Å². The molecule has 1 fully saturated rings. The van der Waals surface area contributed by atoms with Crippen molar-refractivity contribution < 1.29 is 9.90 Å². The highest BCUT2D eigenvalue weighted by Crippen LogP contribution is 2.23. The van der Waals surface area contributed by atoms with E-state index in [1.165, 1.54) is 0 Å². The van der Waals surface area contributed by atoms with E-state index in [2.05, 4.69) is 28.7 Å². The van der Waals surface area contributed by atoms with Gasteiger partial charge in [0.15, 0.2) is 0 Å². The molecule has 1 aliphatic rings. The van der Waals surface area contributed by atoms with Crippen LogP contribution >= 0.6 is 0 Å². The Morgan fingerprint density at radius 1 is 1.52 bits per heavy atom. The average molecular weight is 317 g/mol. The normalized spacial score (nSPS) is 20.0. The van der Waals surface area contributed by atoms with E-state index in [9.17, 15) is 4.79 Å². The predicted molar refractivity (Wildman–Crippen MR) is 93.9 cm³/mol. The molecule has 2 atom stereocenters. The number of hydrogen-bond donors (Lipinski definition) is 2. The quantitative estimate of drug-likeness (QED) is 0.807. The van der Waals surface area contributed by atoms with Gasteiger partial charge in [0.25, 0.3) is 0 Å². The van der Waals surface area contributed by atoms with Gasteiger partial charge in [-0.1, -0.05) is 25.6 Å². The van der Waals surface area contributed by atoms with Gasteiger partial charge in [0.2, 0.25) is 0 Å². The molecule has 0 aliphatic carbocycles. The monoisotopic (exact) mass is 317 g/mol. The topological polar surface area (TPSA) is 55.8 Å². The lowest BCUT2D eigenvalue weighted by molar-refractivity contribution is -0.137. The molecule has 23 heavy (non-hydrogen) atoms. The van der Waals surface area contributed by atoms with Gasteiger partial charge in [0.05, 0.1) is 6.42 Å². The van der Waals surface area contributed by atoms with Crippen LogP contribution in [0.4, 0.5) is 5.69 Å². The first-order valence-corrected chi connectivity index (χ1v) is 8.13. The number of nitrogens with zero attached hydrogens (tertiary/aromatic N) is 2. The van der Waals surface area contributed by atoms with Gasteiger partial charge in [-0.05, 0) is 36.9 Å². The number of benzene rings is 1. The Morgan fingerprint density at radius 2 is 2.22 bits per heavy atom. The van der Waals surface area contributed by atoms with Gasteiger partial charge in [-0.25, -0.2) is 0 Å². The average Bonchev–Trinajstić information content (AvgIpc) is 2.54. The van der Waals surface area contributed by atoms with Gasteiger partial charge in [-0.2, -0.15) is 0 Å². The summed E-state index contributed by atoms with van der Waals surface area (Å²) >= 11 is 0. The molecule has 5 heteroatoms. The fourth-order valence-corrected chi connectivity index (χ4v) is 2.95. The van der Waals surface area contributed by atoms with Crippen LogP contribution in [0.5, 0.6) is 0 Å². The van der Waals surface area contributed by atoms with Crippen LogP contribution in [0, 0.1) is 0 Å². The summed E-state index contributed by atoms with van der Waals surface area (Å²) < 4.78 is 0. The fourth-order valence-electron chi connectivity index (χ4n) is 2.95. The molecular formula is C18H27N3O2. The summed E-state index contributed by atoms with van der Waals surface area (Å²) in [5.74, 6) is -0.741. The second-order valence-electron chi connectivity index (χ2n) is 6.26. The van der Waals surface area contributed by atoms with Crippen molar-refractivity contribution in [3.63, 3.8) is 0 Å². The highest BCUT2D eigenvalue weighted by molar-refractivity contribution is 5.68. The van der Waals surface area contributed by atoms with E-state index >= 15 is 0 Å². The Morgan fingerprint density at radius 3 is 2.78 bits per heavy atom. The van der Waals surface area contributed by atoms with Crippen LogP contribution in [0.1, 0.15) is 24.8 Å². The molecule has 2 unspecified atom stereocenters. The number of carbonyl (C=O) groups is 1. The highest BCUT2D eigenvalue weighted by Gasteiger charge is 2.21. The molecule has 126 valence electrons. The minimum atomic E-state index is -0.762. The molecule has 0 aromatic heterocycles. The van der Waals surface area contributed by atoms with E-state index in [1.54, 1.807) is 0 Å². The summed E-state index contributed by atoms with van der Waals surface area (Å²) in [6.07, 6.45) is 2.02. The molecule has 1 aliphatic heterocycles. The lowest BCUT2D eigenvalue weighted by Crippen LogP contribution is -2.53. The summed E-state index contributed by atoms with van der Waals surface area (Å²) in [4.78, 5) is 15.3. The maximum absolute atomic E-state index is 10.8. The minimum absolute atomic E-state index is 0.0207. The summed E-state index contributed by atoms with van der Waals surface area (Å²) in [5.41, 5.74) is 2.14. The Labute approximate surface area is 138 Å². The molecule has 1 aromatic carbocycles. The number of likely N-dealkylation sites (N-methyl/N-ethyl adjacent to an activating group) is 1. The van der Waals surface area contributed by atoms with E-state index in [0.717, 1.165) is 37.4 Å². The Kier molecular flexibility index (Phi) is 6.19. The number of piperazine rings is 1. The number of anilines is 1. The first-order valence-electron chi connectivity index (χ1n) is 8.13. The highest BCUT2D eigenvalue weighted by atomic mass is 16.4. The van der Waals surface area contributed by atoms with Crippen molar-refractivity contribution in [2.45, 2.75) is 25.3 Å². The summed E-state index contributed by atoms with van der Waals surface area (Å²) in [7, 11) is 2.16. The van der Waals surface area contributed by atoms with Crippen LogP contribution in [0.2, 0.25) is 0 Å². The molecule has 0 spiro atoms. The largest absolute Gasteiger partial charge is 0.481 e. The first-order chi connectivity index (χ1) is 11.0. The van der Waals surface area contributed by atoms with E-state index in [0.29, 0.717) is 6.04 Å². The zero-order valence-corrected chi connectivity index (χ0v) is 14.0. The van der Waals surface area contributed by atoms with E-state index < -0.39 is 5.97 Å². The van der Waals surface area contributed by atoms with E-state index in [4.69, 9.17) is 5.11 Å². The van der Waals surface area contributed by atoms with Crippen LogP contribution in [-0.4, -0.2) is 55.2 Å². The number of carboxylic acid groups (broad SMARTS) is 1. The van der Waals surface area contributed by atoms with Crippen LogP contribution in [0.15, 0.2) is 37.0 Å². The van der Waals surface area contributed by atoms with Crippen molar-refractivity contribution in [3.8, 4) is 0 Å². The fraction of sp³-hybridized carbons (Fsp3) is 0.500. The molecule has 2 N–H and O–H groups in total. The number of rotatable bonds is 7. The zero-order chi connectivity index (χ0) is 16.8. The van der Waals surface area contributed by atoms with Gasteiger partial charge >= 0.3 is 5.97 Å². The lowest BCUT2D eigenvalue weighted by Gasteiger charge is -2.36. The SMILES string of the molecule is C=CN(CC1CNCCN1C)c1ccc(C(C)CC(=O)O)cc1. The van der Waals surface area contributed by atoms with E-state index in [1.807, 2.05) is 37.4 Å². The van der Waals surface area contributed by atoms with Crippen molar-refractivity contribution in [3.05, 3.63) is 42.6 Å². The Hall–Kier alpha value is -1.85. The second-order valence-corrected chi connectivity index (χ2v) is 6.26. The number of hydrogen-bond acceptors (Lipinski definition) is 4. The van der Waals surface area contributed by atoms with Gasteiger partial charge in [0.1, 0.15) is 0 Å². The van der Waals surface area contributed by atoms with Crippen molar-refractivity contribution in [1.82, 2.24) is 10.2 Å². The molecule has 0 radical (unpaired) electrons. The number of nitrogens with one attached hydrogen (secondary N) is 1. The van der Waals surface area contributed by atoms with Gasteiger partial charge in [-0.3, -0.25) is 9.69 Å². The second kappa shape index (κ2) is 8.13. The third-order valence-corrected chi connectivity index (χ3v) is 4.55. The third kappa shape index (κ3) is 4.81. The molecule has 1 aromatic rings. The zero-order valence-electron chi connectivity index (χ0n) is 14.0. The van der Waals surface area contributed by atoms with Gasteiger partial charge in [-0.15, -0.1) is 0 Å². The molecule has 1 saturated heterocycles. The summed E-state index contributed by atoms with van der Waals surface area (Å²) in [6.45, 7) is 9.84. The lowest BCUT2D eigenvalue weighted by atomic mass is 9.97. The molecule has 0 bridgehead atoms. The number of aliphatic carboxylic acids is 1. The molecule has 2 rings (SSSR count). The minimum Gasteiger partial charge on any atom is -0.481 e. The van der Waals surface area contributed by atoms with Crippen LogP contribution in [0.3, 0.4) is 0 Å². The van der Waals surface area contributed by atoms with Crippen molar-refractivity contribution in [2.75, 3.05) is 38.1 Å². The smallest absolute Gasteiger partial charge is 0.303 e. The van der Waals surface area contributed by atoms with E-state index in [-0.39, 0.29) is 12.3 Å². The van der Waals surface area contributed by atoms with Crippen molar-refractivity contribution in [2.24, 2.45) is 0 Å².